The molecule has 1 aromatic carbocycles. The molecule has 0 heterocycles. The minimum atomic E-state index is -0.282. The van der Waals surface area contributed by atoms with Gasteiger partial charge < -0.3 is 10.6 Å². The maximum absolute atomic E-state index is 13.5. The van der Waals surface area contributed by atoms with Gasteiger partial charge in [-0.1, -0.05) is 32.0 Å². The van der Waals surface area contributed by atoms with Crippen molar-refractivity contribution in [3.05, 3.63) is 35.6 Å². The molecule has 1 aromatic rings. The number of rotatable bonds is 6. The Morgan fingerprint density at radius 1 is 1.37 bits per heavy atom. The minimum absolute atomic E-state index is 0.0144. The Hall–Kier alpha value is -1.42. The van der Waals surface area contributed by atoms with E-state index in [-0.39, 0.29) is 24.2 Å². The van der Waals surface area contributed by atoms with Gasteiger partial charge in [0.25, 0.3) is 0 Å². The molecule has 0 fully saturated rings. The maximum Gasteiger partial charge on any atom is 0.227 e. The molecule has 0 saturated carbocycles. The van der Waals surface area contributed by atoms with Crippen molar-refractivity contribution in [1.82, 2.24) is 4.90 Å². The fraction of sp³-hybridized carbons (Fsp3) is 0.533. The molecule has 1 rings (SSSR count). The molecule has 19 heavy (non-hydrogen) atoms. The van der Waals surface area contributed by atoms with Gasteiger partial charge in [-0.15, -0.1) is 0 Å². The van der Waals surface area contributed by atoms with Gasteiger partial charge in [0, 0.05) is 25.7 Å². The van der Waals surface area contributed by atoms with Crippen LogP contribution in [0.3, 0.4) is 0 Å². The topological polar surface area (TPSA) is 46.3 Å². The molecule has 106 valence electrons. The highest BCUT2D eigenvalue weighted by Crippen LogP contribution is 2.15. The Kier molecular flexibility index (Phi) is 5.96. The van der Waals surface area contributed by atoms with Gasteiger partial charge in [-0.2, -0.15) is 0 Å². The van der Waals surface area contributed by atoms with Crippen LogP contribution in [0.15, 0.2) is 24.3 Å². The Labute approximate surface area is 114 Å². The molecule has 4 heteroatoms. The summed E-state index contributed by atoms with van der Waals surface area (Å²) in [7, 11) is 1.69. The summed E-state index contributed by atoms with van der Waals surface area (Å²) < 4.78 is 13.5. The van der Waals surface area contributed by atoms with E-state index in [4.69, 9.17) is 5.73 Å². The number of carbonyl (C=O) groups is 1. The number of amides is 1. The van der Waals surface area contributed by atoms with Crippen molar-refractivity contribution in [3.8, 4) is 0 Å². The average molecular weight is 266 g/mol. The molecule has 2 N–H and O–H groups in total. The number of hydrogen-bond acceptors (Lipinski definition) is 2. The second kappa shape index (κ2) is 7.24. The van der Waals surface area contributed by atoms with Crippen molar-refractivity contribution in [1.29, 1.82) is 0 Å². The standard InChI is InChI=1S/C15H23FN2O/c1-11(2)8-13(9-17)15(19)18(3)10-12-6-4-5-7-14(12)16/h4-7,11,13H,8-10,17H2,1-3H3. The summed E-state index contributed by atoms with van der Waals surface area (Å²) in [6.07, 6.45) is 0.761. The summed E-state index contributed by atoms with van der Waals surface area (Å²) in [5.74, 6) is -0.0640. The predicted molar refractivity (Wildman–Crippen MR) is 74.9 cm³/mol. The largest absolute Gasteiger partial charge is 0.341 e. The van der Waals surface area contributed by atoms with Crippen LogP contribution in [0.2, 0.25) is 0 Å². The van der Waals surface area contributed by atoms with Gasteiger partial charge in [0.1, 0.15) is 5.82 Å². The Bertz CT molecular complexity index is 420. The summed E-state index contributed by atoms with van der Waals surface area (Å²) in [5, 5.41) is 0. The SMILES string of the molecule is CC(C)CC(CN)C(=O)N(C)Cc1ccccc1F. The summed E-state index contributed by atoms with van der Waals surface area (Å²) in [6, 6.07) is 6.51. The van der Waals surface area contributed by atoms with E-state index in [0.29, 0.717) is 18.0 Å². The van der Waals surface area contributed by atoms with Crippen LogP contribution in [-0.2, 0) is 11.3 Å². The number of nitrogens with two attached hydrogens (primary N) is 1. The molecular formula is C15H23FN2O. The molecule has 3 nitrogen and oxygen atoms in total. The van der Waals surface area contributed by atoms with E-state index in [1.807, 2.05) is 0 Å². The number of halogens is 1. The molecule has 0 radical (unpaired) electrons. The highest BCUT2D eigenvalue weighted by molar-refractivity contribution is 5.78. The van der Waals surface area contributed by atoms with Gasteiger partial charge in [-0.05, 0) is 18.4 Å². The molecule has 0 aliphatic rings. The first kappa shape index (κ1) is 15.6. The molecule has 1 unspecified atom stereocenters. The van der Waals surface area contributed by atoms with Gasteiger partial charge in [0.15, 0.2) is 0 Å². The van der Waals surface area contributed by atoms with Crippen LogP contribution in [0.4, 0.5) is 4.39 Å². The van der Waals surface area contributed by atoms with Crippen molar-refractivity contribution in [2.45, 2.75) is 26.8 Å². The second-order valence-corrected chi connectivity index (χ2v) is 5.35. The molecule has 0 bridgehead atoms. The number of carbonyl (C=O) groups excluding carboxylic acids is 1. The van der Waals surface area contributed by atoms with Gasteiger partial charge in [0.2, 0.25) is 5.91 Å². The maximum atomic E-state index is 13.5. The fourth-order valence-electron chi connectivity index (χ4n) is 2.14. The van der Waals surface area contributed by atoms with Crippen molar-refractivity contribution in [3.63, 3.8) is 0 Å². The van der Waals surface area contributed by atoms with E-state index in [0.717, 1.165) is 6.42 Å². The molecule has 0 aliphatic heterocycles. The third kappa shape index (κ3) is 4.63. The van der Waals surface area contributed by atoms with Crippen LogP contribution >= 0.6 is 0 Å². The van der Waals surface area contributed by atoms with Crippen LogP contribution in [0.1, 0.15) is 25.8 Å². The van der Waals surface area contributed by atoms with E-state index >= 15 is 0 Å². The summed E-state index contributed by atoms with van der Waals surface area (Å²) in [4.78, 5) is 13.8. The van der Waals surface area contributed by atoms with Crippen molar-refractivity contribution >= 4 is 5.91 Å². The molecular weight excluding hydrogens is 243 g/mol. The van der Waals surface area contributed by atoms with Crippen LogP contribution in [0.5, 0.6) is 0 Å². The van der Waals surface area contributed by atoms with Crippen LogP contribution < -0.4 is 5.73 Å². The van der Waals surface area contributed by atoms with E-state index < -0.39 is 0 Å². The molecule has 0 aromatic heterocycles. The normalized spacial score (nSPS) is 12.5. The highest BCUT2D eigenvalue weighted by atomic mass is 19.1. The number of hydrogen-bond donors (Lipinski definition) is 1. The monoisotopic (exact) mass is 266 g/mol. The molecule has 0 saturated heterocycles. The van der Waals surface area contributed by atoms with E-state index in [2.05, 4.69) is 13.8 Å². The third-order valence-electron chi connectivity index (χ3n) is 3.13. The quantitative estimate of drug-likeness (QED) is 0.859. The summed E-state index contributed by atoms with van der Waals surface area (Å²) in [5.41, 5.74) is 6.19. The lowest BCUT2D eigenvalue weighted by Crippen LogP contribution is -2.37. The zero-order valence-electron chi connectivity index (χ0n) is 11.9. The van der Waals surface area contributed by atoms with Crippen molar-refractivity contribution in [2.24, 2.45) is 17.6 Å². The number of nitrogens with zero attached hydrogens (tertiary/aromatic N) is 1. The molecule has 1 atom stereocenters. The first-order valence-electron chi connectivity index (χ1n) is 6.64. The zero-order valence-corrected chi connectivity index (χ0v) is 11.9. The van der Waals surface area contributed by atoms with Gasteiger partial charge >= 0.3 is 0 Å². The first-order valence-corrected chi connectivity index (χ1v) is 6.64. The Morgan fingerprint density at radius 2 is 2.00 bits per heavy atom. The Morgan fingerprint density at radius 3 is 2.53 bits per heavy atom. The lowest BCUT2D eigenvalue weighted by Gasteiger charge is -2.24. The summed E-state index contributed by atoms with van der Waals surface area (Å²) in [6.45, 7) is 4.73. The van der Waals surface area contributed by atoms with Gasteiger partial charge in [-0.3, -0.25) is 4.79 Å². The predicted octanol–water partition coefficient (Wildman–Crippen LogP) is 2.41. The van der Waals surface area contributed by atoms with Crippen LogP contribution in [-0.4, -0.2) is 24.4 Å². The molecule has 0 spiro atoms. The number of benzene rings is 1. The van der Waals surface area contributed by atoms with Crippen molar-refractivity contribution in [2.75, 3.05) is 13.6 Å². The van der Waals surface area contributed by atoms with E-state index in [9.17, 15) is 9.18 Å². The zero-order chi connectivity index (χ0) is 14.4. The Balaban J connectivity index is 2.69. The highest BCUT2D eigenvalue weighted by Gasteiger charge is 2.22. The van der Waals surface area contributed by atoms with Crippen LogP contribution in [0.25, 0.3) is 0 Å². The second-order valence-electron chi connectivity index (χ2n) is 5.35. The lowest BCUT2D eigenvalue weighted by molar-refractivity contribution is -0.135. The summed E-state index contributed by atoms with van der Waals surface area (Å²) >= 11 is 0. The smallest absolute Gasteiger partial charge is 0.227 e. The van der Waals surface area contributed by atoms with Gasteiger partial charge in [0.05, 0.1) is 5.92 Å². The van der Waals surface area contributed by atoms with E-state index in [1.54, 1.807) is 30.1 Å². The van der Waals surface area contributed by atoms with E-state index in [1.165, 1.54) is 6.07 Å². The van der Waals surface area contributed by atoms with Crippen molar-refractivity contribution < 1.29 is 9.18 Å². The lowest BCUT2D eigenvalue weighted by atomic mass is 9.96. The van der Waals surface area contributed by atoms with Crippen LogP contribution in [0, 0.1) is 17.7 Å². The van der Waals surface area contributed by atoms with Gasteiger partial charge in [-0.25, -0.2) is 4.39 Å². The molecule has 1 amide bonds. The third-order valence-corrected chi connectivity index (χ3v) is 3.13. The average Bonchev–Trinajstić information content (AvgIpc) is 2.37. The molecule has 0 aliphatic carbocycles. The first-order chi connectivity index (χ1) is 8.95. The fourth-order valence-corrected chi connectivity index (χ4v) is 2.14. The minimum Gasteiger partial charge on any atom is -0.341 e.